The minimum atomic E-state index is -0.616. The van der Waals surface area contributed by atoms with Crippen LogP contribution in [0.1, 0.15) is 29.8 Å². The average molecular weight is 459 g/mol. The lowest BCUT2D eigenvalue weighted by Crippen LogP contribution is -2.13. The number of ether oxygens (including phenoxy) is 2. The molecule has 0 radical (unpaired) electrons. The van der Waals surface area contributed by atoms with Gasteiger partial charge in [0.25, 0.3) is 5.91 Å². The molecule has 8 heteroatoms. The van der Waals surface area contributed by atoms with Crippen molar-refractivity contribution in [3.05, 3.63) is 57.6 Å². The summed E-state index contributed by atoms with van der Waals surface area (Å²) in [5.74, 6) is -0.880. The predicted octanol–water partition coefficient (Wildman–Crippen LogP) is 4.28. The number of nitriles is 1. The summed E-state index contributed by atoms with van der Waals surface area (Å²) in [6, 6.07) is 11.0. The van der Waals surface area contributed by atoms with Crippen LogP contribution >= 0.6 is 15.9 Å². The first-order chi connectivity index (χ1) is 13.9. The van der Waals surface area contributed by atoms with Crippen LogP contribution in [-0.4, -0.2) is 30.2 Å². The molecular weight excluding hydrogens is 440 g/mol. The molecule has 0 aliphatic heterocycles. The van der Waals surface area contributed by atoms with Crippen LogP contribution in [0.4, 0.5) is 5.69 Å². The summed E-state index contributed by atoms with van der Waals surface area (Å²) in [5.41, 5.74) is 1.13. The van der Waals surface area contributed by atoms with Crippen LogP contribution in [0.25, 0.3) is 6.08 Å². The van der Waals surface area contributed by atoms with Crippen molar-refractivity contribution in [3.8, 4) is 17.6 Å². The van der Waals surface area contributed by atoms with Crippen molar-refractivity contribution in [1.82, 2.24) is 0 Å². The first kappa shape index (κ1) is 22.0. The molecule has 150 valence electrons. The Labute approximate surface area is 176 Å². The average Bonchev–Trinajstić information content (AvgIpc) is 2.70. The zero-order valence-electron chi connectivity index (χ0n) is 15.9. The Morgan fingerprint density at radius 3 is 2.48 bits per heavy atom. The Balaban J connectivity index is 2.22. The number of phenolic OH excluding ortho intramolecular Hbond substituents is 1. The molecule has 0 aromatic heterocycles. The Bertz CT molecular complexity index is 978. The zero-order chi connectivity index (χ0) is 21.4. The number of amides is 1. The number of phenols is 1. The molecule has 0 aliphatic rings. The van der Waals surface area contributed by atoms with Gasteiger partial charge in [-0.25, -0.2) is 4.79 Å². The smallest absolute Gasteiger partial charge is 0.338 e. The fourth-order valence-corrected chi connectivity index (χ4v) is 2.79. The van der Waals surface area contributed by atoms with Gasteiger partial charge in [-0.1, -0.05) is 15.9 Å². The first-order valence-corrected chi connectivity index (χ1v) is 9.54. The lowest BCUT2D eigenvalue weighted by molar-refractivity contribution is -0.112. The molecule has 0 saturated heterocycles. The van der Waals surface area contributed by atoms with Crippen molar-refractivity contribution in [2.45, 2.75) is 13.8 Å². The minimum absolute atomic E-state index is 0.0551. The van der Waals surface area contributed by atoms with E-state index < -0.39 is 11.9 Å². The van der Waals surface area contributed by atoms with Gasteiger partial charge in [-0.2, -0.15) is 5.26 Å². The van der Waals surface area contributed by atoms with Gasteiger partial charge < -0.3 is 19.9 Å². The van der Waals surface area contributed by atoms with Crippen molar-refractivity contribution in [2.75, 3.05) is 18.5 Å². The number of halogens is 1. The lowest BCUT2D eigenvalue weighted by atomic mass is 10.1. The number of nitrogens with zero attached hydrogens (tertiary/aromatic N) is 1. The number of esters is 1. The predicted molar refractivity (Wildman–Crippen MR) is 112 cm³/mol. The second-order valence-electron chi connectivity index (χ2n) is 5.70. The summed E-state index contributed by atoms with van der Waals surface area (Å²) in [4.78, 5) is 24.1. The van der Waals surface area contributed by atoms with E-state index in [0.29, 0.717) is 27.9 Å². The van der Waals surface area contributed by atoms with Gasteiger partial charge in [0.2, 0.25) is 0 Å². The molecule has 0 fully saturated rings. The van der Waals surface area contributed by atoms with Gasteiger partial charge in [-0.3, -0.25) is 4.79 Å². The molecule has 0 aliphatic carbocycles. The van der Waals surface area contributed by atoms with Crippen molar-refractivity contribution in [3.63, 3.8) is 0 Å². The Morgan fingerprint density at radius 2 is 1.90 bits per heavy atom. The van der Waals surface area contributed by atoms with Crippen molar-refractivity contribution in [1.29, 1.82) is 5.26 Å². The maximum Gasteiger partial charge on any atom is 0.338 e. The second kappa shape index (κ2) is 10.3. The largest absolute Gasteiger partial charge is 0.504 e. The molecule has 0 atom stereocenters. The van der Waals surface area contributed by atoms with Crippen LogP contribution in [0, 0.1) is 11.3 Å². The van der Waals surface area contributed by atoms with Crippen molar-refractivity contribution in [2.24, 2.45) is 0 Å². The normalized spacial score (nSPS) is 10.8. The number of rotatable bonds is 7. The van der Waals surface area contributed by atoms with Gasteiger partial charge in [0.15, 0.2) is 11.5 Å². The van der Waals surface area contributed by atoms with Crippen LogP contribution in [0.3, 0.4) is 0 Å². The zero-order valence-corrected chi connectivity index (χ0v) is 17.4. The van der Waals surface area contributed by atoms with E-state index >= 15 is 0 Å². The fraction of sp³-hybridized carbons (Fsp3) is 0.190. The molecule has 0 spiro atoms. The quantitative estimate of drug-likeness (QED) is 0.364. The van der Waals surface area contributed by atoms with Crippen LogP contribution in [0.15, 0.2) is 46.4 Å². The van der Waals surface area contributed by atoms with Gasteiger partial charge in [-0.05, 0) is 61.9 Å². The number of nitrogens with one attached hydrogen (secondary N) is 1. The van der Waals surface area contributed by atoms with E-state index in [2.05, 4.69) is 21.2 Å². The number of carbonyl (C=O) groups excluding carboxylic acids is 2. The van der Waals surface area contributed by atoms with Crippen LogP contribution in [0.5, 0.6) is 11.5 Å². The third-order valence-electron chi connectivity index (χ3n) is 3.70. The van der Waals surface area contributed by atoms with E-state index in [-0.39, 0.29) is 23.7 Å². The van der Waals surface area contributed by atoms with E-state index in [1.807, 2.05) is 6.07 Å². The SMILES string of the molecule is CCOC(=O)c1ccc(NC(=O)/C(C#N)=C/c2cc(OCC)c(O)cc2Br)cc1. The summed E-state index contributed by atoms with van der Waals surface area (Å²) >= 11 is 3.30. The van der Waals surface area contributed by atoms with E-state index in [9.17, 15) is 20.0 Å². The van der Waals surface area contributed by atoms with Crippen LogP contribution < -0.4 is 10.1 Å². The molecule has 0 unspecified atom stereocenters. The summed E-state index contributed by atoms with van der Waals surface area (Å²) in [5, 5.41) is 21.9. The molecule has 0 heterocycles. The Kier molecular flexibility index (Phi) is 7.80. The molecule has 0 saturated carbocycles. The third-order valence-corrected chi connectivity index (χ3v) is 4.38. The van der Waals surface area contributed by atoms with Crippen molar-refractivity contribution < 1.29 is 24.2 Å². The molecule has 2 N–H and O–H groups in total. The lowest BCUT2D eigenvalue weighted by Gasteiger charge is -2.09. The fourth-order valence-electron chi connectivity index (χ4n) is 2.35. The van der Waals surface area contributed by atoms with E-state index in [1.165, 1.54) is 30.3 Å². The molecule has 2 aromatic rings. The second-order valence-corrected chi connectivity index (χ2v) is 6.55. The maximum atomic E-state index is 12.5. The van der Waals surface area contributed by atoms with Gasteiger partial charge in [0, 0.05) is 10.2 Å². The summed E-state index contributed by atoms with van der Waals surface area (Å²) in [6.07, 6.45) is 1.38. The van der Waals surface area contributed by atoms with Gasteiger partial charge >= 0.3 is 5.97 Å². The van der Waals surface area contributed by atoms with Gasteiger partial charge in [0.1, 0.15) is 11.6 Å². The summed E-state index contributed by atoms with van der Waals surface area (Å²) in [6.45, 7) is 4.11. The number of hydrogen-bond donors (Lipinski definition) is 2. The molecule has 29 heavy (non-hydrogen) atoms. The van der Waals surface area contributed by atoms with Crippen molar-refractivity contribution >= 4 is 39.6 Å². The minimum Gasteiger partial charge on any atom is -0.504 e. The van der Waals surface area contributed by atoms with E-state index in [1.54, 1.807) is 26.0 Å². The number of benzene rings is 2. The standard InChI is InChI=1S/C21H19BrN2O5/c1-3-28-19-10-14(17(22)11-18(19)25)9-15(12-23)20(26)24-16-7-5-13(6-8-16)21(27)29-4-2/h5-11,25H,3-4H2,1-2H3,(H,24,26)/b15-9+. The van der Waals surface area contributed by atoms with E-state index in [0.717, 1.165) is 0 Å². The first-order valence-electron chi connectivity index (χ1n) is 8.75. The van der Waals surface area contributed by atoms with E-state index in [4.69, 9.17) is 9.47 Å². The summed E-state index contributed by atoms with van der Waals surface area (Å²) < 4.78 is 10.7. The Hall–Kier alpha value is -3.31. The maximum absolute atomic E-state index is 12.5. The number of aromatic hydroxyl groups is 1. The number of anilines is 1. The highest BCUT2D eigenvalue weighted by molar-refractivity contribution is 9.10. The van der Waals surface area contributed by atoms with Crippen LogP contribution in [-0.2, 0) is 9.53 Å². The molecule has 2 rings (SSSR count). The number of hydrogen-bond acceptors (Lipinski definition) is 6. The highest BCUT2D eigenvalue weighted by Crippen LogP contribution is 2.33. The molecule has 7 nitrogen and oxygen atoms in total. The highest BCUT2D eigenvalue weighted by Gasteiger charge is 2.14. The molecule has 0 bridgehead atoms. The molecule has 1 amide bonds. The number of carbonyl (C=O) groups is 2. The summed E-state index contributed by atoms with van der Waals surface area (Å²) in [7, 11) is 0. The van der Waals surface area contributed by atoms with Crippen LogP contribution in [0.2, 0.25) is 0 Å². The molecular formula is C21H19BrN2O5. The third kappa shape index (κ3) is 5.83. The highest BCUT2D eigenvalue weighted by atomic mass is 79.9. The van der Waals surface area contributed by atoms with Gasteiger partial charge in [0.05, 0.1) is 18.8 Å². The topological polar surface area (TPSA) is 109 Å². The van der Waals surface area contributed by atoms with Gasteiger partial charge in [-0.15, -0.1) is 0 Å². The molecule has 2 aromatic carbocycles. The monoisotopic (exact) mass is 458 g/mol. The Morgan fingerprint density at radius 1 is 1.21 bits per heavy atom.